The largest absolute Gasteiger partial charge is 0.294 e. The van der Waals surface area contributed by atoms with Crippen molar-refractivity contribution >= 4 is 17.9 Å². The van der Waals surface area contributed by atoms with Crippen molar-refractivity contribution in [1.82, 2.24) is 4.83 Å². The van der Waals surface area contributed by atoms with Crippen LogP contribution in [0.1, 0.15) is 12.8 Å². The van der Waals surface area contributed by atoms with Crippen molar-refractivity contribution < 1.29 is 9.40 Å². The molecule has 0 amide bonds. The number of rotatable bonds is 3. The fourth-order valence-corrected chi connectivity index (χ4v) is 5.95. The van der Waals surface area contributed by atoms with Gasteiger partial charge >= 0.3 is 0 Å². The van der Waals surface area contributed by atoms with E-state index in [-0.39, 0.29) is 12.1 Å². The number of hydrogen-bond acceptors (Lipinski definition) is 2. The van der Waals surface area contributed by atoms with E-state index < -0.39 is 7.29 Å². The smallest absolute Gasteiger partial charge is 0.229 e. The van der Waals surface area contributed by atoms with Crippen LogP contribution < -0.4 is 10.6 Å². The zero-order valence-corrected chi connectivity index (χ0v) is 13.1. The maximum absolute atomic E-state index is 14.1. The van der Waals surface area contributed by atoms with E-state index in [9.17, 15) is 4.57 Å². The van der Waals surface area contributed by atoms with Crippen molar-refractivity contribution in [3.8, 4) is 0 Å². The molecular weight excluding hydrogens is 293 g/mol. The van der Waals surface area contributed by atoms with E-state index >= 15 is 0 Å². The molecule has 22 heavy (non-hydrogen) atoms. The van der Waals surface area contributed by atoms with Crippen LogP contribution in [0.5, 0.6) is 0 Å². The molecule has 0 radical (unpaired) electrons. The van der Waals surface area contributed by atoms with E-state index in [1.54, 1.807) is 4.83 Å². The zero-order valence-electron chi connectivity index (χ0n) is 12.2. The van der Waals surface area contributed by atoms with Gasteiger partial charge in [0.25, 0.3) is 0 Å². The van der Waals surface area contributed by atoms with Crippen LogP contribution in [-0.2, 0) is 9.40 Å². The highest BCUT2D eigenvalue weighted by Crippen LogP contribution is 2.52. The molecule has 2 aromatic carbocycles. The Balaban J connectivity index is 1.87. The van der Waals surface area contributed by atoms with Crippen LogP contribution in [-0.4, -0.2) is 17.0 Å². The van der Waals surface area contributed by atoms with Gasteiger partial charge in [-0.25, -0.2) is 0 Å². The van der Waals surface area contributed by atoms with Crippen molar-refractivity contribution in [1.29, 1.82) is 0 Å². The third-order valence-corrected chi connectivity index (χ3v) is 7.25. The summed E-state index contributed by atoms with van der Waals surface area (Å²) < 4.78 is 14.1. The molecular formula is C18H18NO2P. The summed E-state index contributed by atoms with van der Waals surface area (Å²) >= 11 is 0. The van der Waals surface area contributed by atoms with Gasteiger partial charge in [0.2, 0.25) is 7.29 Å². The SMILES string of the molecule is O=P(c1ccccc1)(c1ccccc1)N1O[C@@H]2C=C[C@H]1CC2. The molecule has 2 atom stereocenters. The van der Waals surface area contributed by atoms with Crippen LogP contribution in [0.3, 0.4) is 0 Å². The molecule has 0 spiro atoms. The van der Waals surface area contributed by atoms with Crippen molar-refractivity contribution in [3.63, 3.8) is 0 Å². The van der Waals surface area contributed by atoms with Crippen LogP contribution in [0.15, 0.2) is 72.8 Å². The summed E-state index contributed by atoms with van der Waals surface area (Å²) in [5, 5.41) is 1.64. The molecule has 1 fully saturated rings. The third kappa shape index (κ3) is 2.17. The summed E-state index contributed by atoms with van der Waals surface area (Å²) in [6, 6.07) is 19.4. The second-order valence-electron chi connectivity index (χ2n) is 5.72. The normalized spacial score (nSPS) is 24.5. The number of hydroxylamine groups is 1. The number of fused-ring (bicyclic) bond motifs is 2. The Bertz CT molecular complexity index is 686. The molecule has 5 rings (SSSR count). The van der Waals surface area contributed by atoms with Crippen LogP contribution >= 0.6 is 7.29 Å². The Labute approximate surface area is 130 Å². The maximum Gasteiger partial charge on any atom is 0.229 e. The predicted octanol–water partition coefficient (Wildman–Crippen LogP) is 3.25. The fourth-order valence-electron chi connectivity index (χ4n) is 3.18. The van der Waals surface area contributed by atoms with E-state index in [0.717, 1.165) is 23.5 Å². The lowest BCUT2D eigenvalue weighted by Gasteiger charge is -2.44. The maximum atomic E-state index is 14.1. The van der Waals surface area contributed by atoms with Gasteiger partial charge in [0.05, 0.1) is 12.1 Å². The highest BCUT2D eigenvalue weighted by molar-refractivity contribution is 7.76. The second kappa shape index (κ2) is 5.51. The first-order valence-corrected chi connectivity index (χ1v) is 9.30. The molecule has 3 nitrogen and oxygen atoms in total. The summed E-state index contributed by atoms with van der Waals surface area (Å²) in [7, 11) is -2.98. The lowest BCUT2D eigenvalue weighted by molar-refractivity contribution is -0.169. The summed E-state index contributed by atoms with van der Waals surface area (Å²) in [6.07, 6.45) is 6.26. The van der Waals surface area contributed by atoms with Gasteiger partial charge < -0.3 is 0 Å². The molecule has 3 aliphatic rings. The van der Waals surface area contributed by atoms with Gasteiger partial charge in [0.15, 0.2) is 0 Å². The highest BCUT2D eigenvalue weighted by atomic mass is 31.2. The van der Waals surface area contributed by atoms with Gasteiger partial charge in [-0.15, -0.1) is 4.83 Å². The van der Waals surface area contributed by atoms with Crippen molar-refractivity contribution in [2.45, 2.75) is 25.0 Å². The number of benzene rings is 2. The minimum atomic E-state index is -2.98. The van der Waals surface area contributed by atoms with Crippen LogP contribution in [0.2, 0.25) is 0 Å². The molecule has 1 saturated heterocycles. The quantitative estimate of drug-likeness (QED) is 0.644. The Morgan fingerprint density at radius 3 is 1.86 bits per heavy atom. The summed E-state index contributed by atoms with van der Waals surface area (Å²) in [6.45, 7) is 0. The minimum Gasteiger partial charge on any atom is -0.294 e. The topological polar surface area (TPSA) is 29.5 Å². The average Bonchev–Trinajstić information content (AvgIpc) is 2.63. The van der Waals surface area contributed by atoms with Crippen LogP contribution in [0, 0.1) is 0 Å². The lowest BCUT2D eigenvalue weighted by Crippen LogP contribution is -2.47. The van der Waals surface area contributed by atoms with E-state index in [1.165, 1.54) is 0 Å². The molecule has 0 aromatic heterocycles. The fraction of sp³-hybridized carbons (Fsp3) is 0.222. The number of hydrogen-bond donors (Lipinski definition) is 0. The Morgan fingerprint density at radius 1 is 0.864 bits per heavy atom. The molecule has 0 N–H and O–H groups in total. The lowest BCUT2D eigenvalue weighted by atomic mass is 10.00. The molecule has 112 valence electrons. The molecule has 4 heteroatoms. The molecule has 2 heterocycles. The van der Waals surface area contributed by atoms with E-state index in [2.05, 4.69) is 12.2 Å². The van der Waals surface area contributed by atoms with Crippen molar-refractivity contribution in [2.75, 3.05) is 0 Å². The Kier molecular flexibility index (Phi) is 3.50. The first-order valence-electron chi connectivity index (χ1n) is 7.64. The van der Waals surface area contributed by atoms with Gasteiger partial charge in [-0.1, -0.05) is 48.6 Å². The summed E-state index contributed by atoms with van der Waals surface area (Å²) in [4.78, 5) is 7.81. The first kappa shape index (κ1) is 14.0. The molecule has 0 unspecified atom stereocenters. The van der Waals surface area contributed by atoms with Gasteiger partial charge in [-0.2, -0.15) is 0 Å². The van der Waals surface area contributed by atoms with Crippen molar-refractivity contribution in [3.05, 3.63) is 72.8 Å². The average molecular weight is 311 g/mol. The Hall–Kier alpha value is -1.67. The molecule has 1 aliphatic carbocycles. The summed E-state index contributed by atoms with van der Waals surface area (Å²) in [5.74, 6) is 0. The number of nitrogens with zero attached hydrogens (tertiary/aromatic N) is 1. The Morgan fingerprint density at radius 2 is 1.45 bits per heavy atom. The van der Waals surface area contributed by atoms with Gasteiger partial charge in [-0.05, 0) is 37.1 Å². The molecule has 2 aliphatic heterocycles. The second-order valence-corrected chi connectivity index (χ2v) is 8.30. The minimum absolute atomic E-state index is 0.0470. The molecule has 0 saturated carbocycles. The zero-order chi connectivity index (χ0) is 15.0. The van der Waals surface area contributed by atoms with E-state index in [4.69, 9.17) is 4.84 Å². The molecule has 2 aromatic rings. The molecule has 2 bridgehead atoms. The standard InChI is InChI=1S/C18H18NO2P/c20-22(17-7-3-1-4-8-17,18-9-5-2-6-10-18)19-15-11-13-16(21-19)14-12-15/h1-11,13,15-16H,12,14H2/t15-,16+/m0/s1. The van der Waals surface area contributed by atoms with Crippen LogP contribution in [0.4, 0.5) is 0 Å². The highest BCUT2D eigenvalue weighted by Gasteiger charge is 2.44. The van der Waals surface area contributed by atoms with Crippen LogP contribution in [0.25, 0.3) is 0 Å². The summed E-state index contributed by atoms with van der Waals surface area (Å²) in [5.41, 5.74) is 0. The predicted molar refractivity (Wildman–Crippen MR) is 88.6 cm³/mol. The van der Waals surface area contributed by atoms with E-state index in [0.29, 0.717) is 0 Å². The third-order valence-electron chi connectivity index (χ3n) is 4.31. The van der Waals surface area contributed by atoms with E-state index in [1.807, 2.05) is 60.7 Å². The van der Waals surface area contributed by atoms with Gasteiger partial charge in [-0.3, -0.25) is 9.40 Å². The van der Waals surface area contributed by atoms with Crippen molar-refractivity contribution in [2.24, 2.45) is 0 Å². The monoisotopic (exact) mass is 311 g/mol. The first-order chi connectivity index (χ1) is 10.8. The van der Waals surface area contributed by atoms with Gasteiger partial charge in [0, 0.05) is 10.6 Å². The van der Waals surface area contributed by atoms with Gasteiger partial charge in [0.1, 0.15) is 0 Å².